The van der Waals surface area contributed by atoms with Crippen molar-refractivity contribution in [3.8, 4) is 0 Å². The molecule has 3 nitrogen and oxygen atoms in total. The van der Waals surface area contributed by atoms with E-state index in [9.17, 15) is 4.79 Å². The number of carbonyl (C=O) groups is 1. The van der Waals surface area contributed by atoms with Gasteiger partial charge in [-0.25, -0.2) is 0 Å². The number of amides is 1. The second kappa shape index (κ2) is 23.6. The maximum Gasteiger partial charge on any atom is 0.220 e. The molecule has 240 valence electrons. The van der Waals surface area contributed by atoms with Crippen molar-refractivity contribution in [1.29, 1.82) is 0 Å². The second-order valence-corrected chi connectivity index (χ2v) is 14.4. The molecule has 0 spiro atoms. The van der Waals surface area contributed by atoms with Crippen LogP contribution in [0.2, 0.25) is 0 Å². The predicted octanol–water partition coefficient (Wildman–Crippen LogP) is 10.9. The Balaban J connectivity index is 1.60. The first-order valence-corrected chi connectivity index (χ1v) is 18.6. The number of hydrogen-bond donors (Lipinski definition) is 1. The molecule has 2 saturated carbocycles. The number of carbonyl (C=O) groups excluding carboxylic acids is 1. The fraction of sp³-hybridized carbons (Fsp3) is 0.921. The molecule has 4 unspecified atom stereocenters. The van der Waals surface area contributed by atoms with Crippen LogP contribution in [0.15, 0.2) is 11.6 Å². The van der Waals surface area contributed by atoms with Crippen molar-refractivity contribution in [2.75, 3.05) is 27.2 Å². The van der Waals surface area contributed by atoms with Crippen LogP contribution in [0, 0.1) is 23.7 Å². The minimum atomic E-state index is 0.296. The van der Waals surface area contributed by atoms with Crippen molar-refractivity contribution in [3.63, 3.8) is 0 Å². The smallest absolute Gasteiger partial charge is 0.220 e. The maximum absolute atomic E-state index is 12.3. The van der Waals surface area contributed by atoms with Gasteiger partial charge in [0.15, 0.2) is 0 Å². The SMILES string of the molecule is CCCCCCCCCCC(=CCC1CC1CC1CC1CC(=O)NCCCCN(C)C)CCCCCCCCCC. The molecule has 0 aromatic rings. The molecule has 3 heteroatoms. The van der Waals surface area contributed by atoms with E-state index in [0.29, 0.717) is 11.8 Å². The molecule has 0 bridgehead atoms. The van der Waals surface area contributed by atoms with Gasteiger partial charge in [-0.15, -0.1) is 0 Å². The zero-order valence-electron chi connectivity index (χ0n) is 28.3. The summed E-state index contributed by atoms with van der Waals surface area (Å²) in [6.07, 6.45) is 36.7. The Hall–Kier alpha value is -0.830. The Bertz CT molecular complexity index is 649. The third kappa shape index (κ3) is 19.9. The van der Waals surface area contributed by atoms with Crippen LogP contribution in [0.25, 0.3) is 0 Å². The molecule has 0 aromatic carbocycles. The number of hydrogen-bond acceptors (Lipinski definition) is 2. The highest BCUT2D eigenvalue weighted by Crippen LogP contribution is 2.54. The molecular weight excluding hydrogens is 500 g/mol. The molecule has 2 fully saturated rings. The van der Waals surface area contributed by atoms with Crippen LogP contribution in [-0.4, -0.2) is 38.0 Å². The second-order valence-electron chi connectivity index (χ2n) is 14.4. The highest BCUT2D eigenvalue weighted by atomic mass is 16.1. The topological polar surface area (TPSA) is 32.3 Å². The summed E-state index contributed by atoms with van der Waals surface area (Å²) in [6.45, 7) is 6.58. The third-order valence-corrected chi connectivity index (χ3v) is 9.96. The molecule has 4 atom stereocenters. The quantitative estimate of drug-likeness (QED) is 0.0714. The van der Waals surface area contributed by atoms with Crippen LogP contribution in [0.5, 0.6) is 0 Å². The lowest BCUT2D eigenvalue weighted by Crippen LogP contribution is -2.25. The Morgan fingerprint density at radius 3 is 1.73 bits per heavy atom. The van der Waals surface area contributed by atoms with Gasteiger partial charge in [-0.3, -0.25) is 4.79 Å². The number of nitrogens with one attached hydrogen (secondary N) is 1. The van der Waals surface area contributed by atoms with E-state index in [1.54, 1.807) is 5.57 Å². The van der Waals surface area contributed by atoms with Crippen LogP contribution in [0.1, 0.15) is 174 Å². The number of allylic oxidation sites excluding steroid dienone is 2. The first kappa shape index (κ1) is 36.4. The fourth-order valence-electron chi connectivity index (χ4n) is 6.84. The van der Waals surface area contributed by atoms with Crippen molar-refractivity contribution < 1.29 is 4.79 Å². The lowest BCUT2D eigenvalue weighted by molar-refractivity contribution is -0.121. The van der Waals surface area contributed by atoms with Crippen molar-refractivity contribution >= 4 is 5.91 Å². The molecule has 0 aromatic heterocycles. The average molecular weight is 573 g/mol. The lowest BCUT2D eigenvalue weighted by atomic mass is 9.97. The Labute approximate surface area is 257 Å². The lowest BCUT2D eigenvalue weighted by Gasteiger charge is -2.09. The zero-order valence-corrected chi connectivity index (χ0v) is 28.3. The van der Waals surface area contributed by atoms with Gasteiger partial charge in [-0.2, -0.15) is 0 Å². The van der Waals surface area contributed by atoms with Crippen LogP contribution in [-0.2, 0) is 4.79 Å². The Morgan fingerprint density at radius 2 is 1.17 bits per heavy atom. The molecule has 2 aliphatic carbocycles. The van der Waals surface area contributed by atoms with Gasteiger partial charge < -0.3 is 10.2 Å². The zero-order chi connectivity index (χ0) is 29.5. The van der Waals surface area contributed by atoms with Gasteiger partial charge >= 0.3 is 0 Å². The van der Waals surface area contributed by atoms with Gasteiger partial charge in [0.25, 0.3) is 0 Å². The molecule has 1 N–H and O–H groups in total. The molecule has 0 radical (unpaired) electrons. The molecule has 0 aliphatic heterocycles. The summed E-state index contributed by atoms with van der Waals surface area (Å²) in [7, 11) is 4.23. The first-order chi connectivity index (χ1) is 20.0. The van der Waals surface area contributed by atoms with Crippen molar-refractivity contribution in [2.45, 2.75) is 174 Å². The summed E-state index contributed by atoms with van der Waals surface area (Å²) in [5.41, 5.74) is 1.79. The van der Waals surface area contributed by atoms with E-state index in [0.717, 1.165) is 50.1 Å². The molecule has 0 heterocycles. The number of nitrogens with zero attached hydrogens (tertiary/aromatic N) is 1. The number of unbranched alkanes of at least 4 members (excludes halogenated alkanes) is 15. The summed E-state index contributed by atoms with van der Waals surface area (Å²) >= 11 is 0. The highest BCUT2D eigenvalue weighted by Gasteiger charge is 2.45. The van der Waals surface area contributed by atoms with E-state index in [1.165, 1.54) is 141 Å². The largest absolute Gasteiger partial charge is 0.356 e. The fourth-order valence-corrected chi connectivity index (χ4v) is 6.84. The van der Waals surface area contributed by atoms with E-state index < -0.39 is 0 Å². The van der Waals surface area contributed by atoms with Crippen molar-refractivity contribution in [1.82, 2.24) is 10.2 Å². The van der Waals surface area contributed by atoms with Gasteiger partial charge in [-0.1, -0.05) is 115 Å². The van der Waals surface area contributed by atoms with Crippen LogP contribution >= 0.6 is 0 Å². The summed E-state index contributed by atoms with van der Waals surface area (Å²) in [5, 5.41) is 3.17. The summed E-state index contributed by atoms with van der Waals surface area (Å²) in [4.78, 5) is 14.5. The van der Waals surface area contributed by atoms with Gasteiger partial charge in [0.05, 0.1) is 0 Å². The molecule has 2 rings (SSSR count). The predicted molar refractivity (Wildman–Crippen MR) is 180 cm³/mol. The van der Waals surface area contributed by atoms with Gasteiger partial charge in [0.2, 0.25) is 5.91 Å². The maximum atomic E-state index is 12.3. The summed E-state index contributed by atoms with van der Waals surface area (Å²) in [5.74, 6) is 3.69. The minimum Gasteiger partial charge on any atom is -0.356 e. The monoisotopic (exact) mass is 573 g/mol. The van der Waals surface area contributed by atoms with Crippen molar-refractivity contribution in [2.24, 2.45) is 23.7 Å². The average Bonchev–Trinajstić information content (AvgIpc) is 3.87. The van der Waals surface area contributed by atoms with Gasteiger partial charge in [0.1, 0.15) is 0 Å². The van der Waals surface area contributed by atoms with E-state index >= 15 is 0 Å². The van der Waals surface area contributed by atoms with Crippen LogP contribution in [0.4, 0.5) is 0 Å². The molecular formula is C38H72N2O. The van der Waals surface area contributed by atoms with E-state index in [2.05, 4.69) is 44.2 Å². The summed E-state index contributed by atoms with van der Waals surface area (Å²) < 4.78 is 0. The van der Waals surface area contributed by atoms with E-state index in [4.69, 9.17) is 0 Å². The first-order valence-electron chi connectivity index (χ1n) is 18.6. The van der Waals surface area contributed by atoms with E-state index in [1.807, 2.05) is 0 Å². The van der Waals surface area contributed by atoms with Gasteiger partial charge in [-0.05, 0) is 109 Å². The molecule has 1 amide bonds. The normalized spacial score (nSPS) is 21.3. The van der Waals surface area contributed by atoms with Gasteiger partial charge in [0, 0.05) is 13.0 Å². The van der Waals surface area contributed by atoms with Crippen molar-refractivity contribution in [3.05, 3.63) is 11.6 Å². The standard InChI is InChI=1S/C38H72N2O/c1-5-7-9-11-13-15-17-19-23-33(24-20-18-16-14-12-10-8-6-2)25-26-34-29-35(34)30-36-31-37(36)32-38(41)39-27-21-22-28-40(3)4/h25,34-37H,5-24,26-32H2,1-4H3,(H,39,41). The summed E-state index contributed by atoms with van der Waals surface area (Å²) in [6, 6.07) is 0. The Morgan fingerprint density at radius 1 is 0.659 bits per heavy atom. The van der Waals surface area contributed by atoms with Crippen LogP contribution < -0.4 is 5.32 Å². The Kier molecular flexibility index (Phi) is 20.9. The number of rotatable bonds is 29. The molecule has 41 heavy (non-hydrogen) atoms. The van der Waals surface area contributed by atoms with Crippen LogP contribution in [0.3, 0.4) is 0 Å². The molecule has 2 aliphatic rings. The molecule has 0 saturated heterocycles. The highest BCUT2D eigenvalue weighted by molar-refractivity contribution is 5.76. The third-order valence-electron chi connectivity index (χ3n) is 9.96. The van der Waals surface area contributed by atoms with E-state index in [-0.39, 0.29) is 0 Å². The minimum absolute atomic E-state index is 0.296.